The number of hydrogen-bond acceptors (Lipinski definition) is 1. The zero-order valence-electron chi connectivity index (χ0n) is 9.82. The van der Waals surface area contributed by atoms with Crippen molar-refractivity contribution >= 4 is 0 Å². The lowest BCUT2D eigenvalue weighted by Crippen LogP contribution is -2.13. The van der Waals surface area contributed by atoms with Crippen LogP contribution in [0.2, 0.25) is 0 Å². The van der Waals surface area contributed by atoms with Gasteiger partial charge in [0.15, 0.2) is 0 Å². The number of rotatable bonds is 2. The van der Waals surface area contributed by atoms with E-state index in [-0.39, 0.29) is 5.56 Å². The summed E-state index contributed by atoms with van der Waals surface area (Å²) in [5.41, 5.74) is 2.99. The lowest BCUT2D eigenvalue weighted by molar-refractivity contribution is 0.760. The highest BCUT2D eigenvalue weighted by atomic mass is 16.1. The molecule has 1 N–H and O–H groups in total. The van der Waals surface area contributed by atoms with Gasteiger partial charge < -0.3 is 0 Å². The Morgan fingerprint density at radius 3 is 2.56 bits per heavy atom. The fourth-order valence-electron chi connectivity index (χ4n) is 1.67. The third kappa shape index (κ3) is 1.94. The van der Waals surface area contributed by atoms with Crippen LogP contribution in [0, 0.1) is 6.92 Å². The predicted octanol–water partition coefficient (Wildman–Crippen LogP) is 2.60. The Labute approximate surface area is 94.7 Å². The number of nitrogens with zero attached hydrogens (tertiary/aromatic N) is 1. The summed E-state index contributed by atoms with van der Waals surface area (Å²) in [7, 11) is 0. The maximum Gasteiger partial charge on any atom is 0.271 e. The molecule has 16 heavy (non-hydrogen) atoms. The topological polar surface area (TPSA) is 37.8 Å². The number of aromatic amines is 1. The molecule has 0 atom stereocenters. The van der Waals surface area contributed by atoms with Crippen molar-refractivity contribution in [2.24, 2.45) is 0 Å². The molecule has 84 valence electrons. The van der Waals surface area contributed by atoms with Crippen molar-refractivity contribution < 1.29 is 0 Å². The van der Waals surface area contributed by atoms with E-state index in [2.05, 4.69) is 18.9 Å². The smallest absolute Gasteiger partial charge is 0.271 e. The van der Waals surface area contributed by atoms with Gasteiger partial charge in [0.2, 0.25) is 0 Å². The molecular weight excluding hydrogens is 200 g/mol. The molecule has 0 aliphatic rings. The van der Waals surface area contributed by atoms with Crippen molar-refractivity contribution in [3.63, 3.8) is 0 Å². The van der Waals surface area contributed by atoms with Crippen LogP contribution < -0.4 is 5.56 Å². The molecule has 0 amide bonds. The number of nitrogens with one attached hydrogen (secondary N) is 1. The molecule has 0 spiro atoms. The molecule has 0 bridgehead atoms. The lowest BCUT2D eigenvalue weighted by Gasteiger charge is -2.04. The Bertz CT molecular complexity index is 549. The van der Waals surface area contributed by atoms with Gasteiger partial charge in [-0.15, -0.1) is 0 Å². The number of benzene rings is 1. The van der Waals surface area contributed by atoms with Crippen LogP contribution in [0.3, 0.4) is 0 Å². The van der Waals surface area contributed by atoms with Gasteiger partial charge in [0, 0.05) is 11.8 Å². The van der Waals surface area contributed by atoms with Gasteiger partial charge in [0.05, 0.1) is 5.69 Å². The fourth-order valence-corrected chi connectivity index (χ4v) is 1.67. The van der Waals surface area contributed by atoms with Gasteiger partial charge in [-0.1, -0.05) is 26.0 Å². The molecule has 3 heteroatoms. The van der Waals surface area contributed by atoms with Gasteiger partial charge in [-0.3, -0.25) is 9.89 Å². The first kappa shape index (κ1) is 10.7. The normalized spacial score (nSPS) is 11.0. The second kappa shape index (κ2) is 4.00. The molecular formula is C13H16N2O. The zero-order valence-corrected chi connectivity index (χ0v) is 9.82. The summed E-state index contributed by atoms with van der Waals surface area (Å²) in [6.45, 7) is 6.14. The minimum absolute atomic E-state index is 0.00528. The first-order valence-corrected chi connectivity index (χ1v) is 5.47. The largest absolute Gasteiger partial charge is 0.295 e. The molecule has 2 aromatic rings. The maximum absolute atomic E-state index is 11.8. The first-order valence-electron chi connectivity index (χ1n) is 5.47. The summed E-state index contributed by atoms with van der Waals surface area (Å²) in [6.07, 6.45) is 0. The van der Waals surface area contributed by atoms with Gasteiger partial charge in [-0.05, 0) is 30.5 Å². The highest BCUT2D eigenvalue weighted by Crippen LogP contribution is 2.11. The summed E-state index contributed by atoms with van der Waals surface area (Å²) in [5.74, 6) is 0.332. The first-order chi connectivity index (χ1) is 7.58. The molecule has 0 saturated heterocycles. The number of H-pyrrole nitrogens is 1. The van der Waals surface area contributed by atoms with Crippen LogP contribution in [-0.4, -0.2) is 9.78 Å². The summed E-state index contributed by atoms with van der Waals surface area (Å²) in [4.78, 5) is 11.8. The van der Waals surface area contributed by atoms with E-state index in [1.165, 1.54) is 0 Å². The van der Waals surface area contributed by atoms with Crippen molar-refractivity contribution in [2.75, 3.05) is 0 Å². The molecule has 1 aromatic heterocycles. The second-order valence-corrected chi connectivity index (χ2v) is 4.38. The molecule has 0 aliphatic heterocycles. The van der Waals surface area contributed by atoms with Crippen LogP contribution in [0.4, 0.5) is 0 Å². The molecule has 0 saturated carbocycles. The number of aryl methyl sites for hydroxylation is 1. The van der Waals surface area contributed by atoms with Gasteiger partial charge in [0.25, 0.3) is 5.56 Å². The van der Waals surface area contributed by atoms with Crippen LogP contribution in [0.15, 0.2) is 35.1 Å². The van der Waals surface area contributed by atoms with Crippen LogP contribution in [0.5, 0.6) is 0 Å². The van der Waals surface area contributed by atoms with E-state index >= 15 is 0 Å². The van der Waals surface area contributed by atoms with E-state index < -0.39 is 0 Å². The predicted molar refractivity (Wildman–Crippen MR) is 65.2 cm³/mol. The molecule has 0 radical (unpaired) electrons. The van der Waals surface area contributed by atoms with Gasteiger partial charge in [-0.25, -0.2) is 4.68 Å². The minimum atomic E-state index is -0.00528. The average molecular weight is 216 g/mol. The van der Waals surface area contributed by atoms with Crippen molar-refractivity contribution in [1.29, 1.82) is 0 Å². The molecule has 1 heterocycles. The third-order valence-electron chi connectivity index (χ3n) is 2.62. The summed E-state index contributed by atoms with van der Waals surface area (Å²) < 4.78 is 1.59. The zero-order chi connectivity index (χ0) is 11.7. The van der Waals surface area contributed by atoms with Gasteiger partial charge in [-0.2, -0.15) is 0 Å². The molecule has 0 aliphatic carbocycles. The Morgan fingerprint density at radius 1 is 1.25 bits per heavy atom. The summed E-state index contributed by atoms with van der Waals surface area (Å²) in [5, 5.41) is 3.13. The summed E-state index contributed by atoms with van der Waals surface area (Å²) >= 11 is 0. The quantitative estimate of drug-likeness (QED) is 0.823. The Hall–Kier alpha value is -1.77. The Kier molecular flexibility index (Phi) is 2.69. The average Bonchev–Trinajstić information content (AvgIpc) is 2.60. The van der Waals surface area contributed by atoms with Crippen molar-refractivity contribution in [3.8, 4) is 5.69 Å². The van der Waals surface area contributed by atoms with Gasteiger partial charge >= 0.3 is 0 Å². The van der Waals surface area contributed by atoms with Crippen LogP contribution in [0.25, 0.3) is 5.69 Å². The maximum atomic E-state index is 11.8. The van der Waals surface area contributed by atoms with E-state index in [0.29, 0.717) is 5.92 Å². The van der Waals surface area contributed by atoms with E-state index in [1.807, 2.05) is 31.2 Å². The van der Waals surface area contributed by atoms with E-state index in [1.54, 1.807) is 10.7 Å². The lowest BCUT2D eigenvalue weighted by atomic mass is 10.1. The Balaban J connectivity index is 2.52. The molecule has 2 rings (SSSR count). The number of aromatic nitrogens is 2. The van der Waals surface area contributed by atoms with Crippen molar-refractivity contribution in [1.82, 2.24) is 9.78 Å². The second-order valence-electron chi connectivity index (χ2n) is 4.38. The van der Waals surface area contributed by atoms with Crippen LogP contribution in [0.1, 0.15) is 31.0 Å². The standard InChI is InChI=1S/C13H16N2O/c1-9(2)12-8-13(16)15(14-12)11-6-4-5-10(3)7-11/h4-9,14H,1-3H3. The fraction of sp³-hybridized carbons (Fsp3) is 0.308. The SMILES string of the molecule is Cc1cccc(-n2[nH]c(C(C)C)cc2=O)c1. The minimum Gasteiger partial charge on any atom is -0.295 e. The van der Waals surface area contributed by atoms with E-state index in [0.717, 1.165) is 16.9 Å². The molecule has 0 unspecified atom stereocenters. The molecule has 1 aromatic carbocycles. The monoisotopic (exact) mass is 216 g/mol. The third-order valence-corrected chi connectivity index (χ3v) is 2.62. The van der Waals surface area contributed by atoms with Crippen molar-refractivity contribution in [2.45, 2.75) is 26.7 Å². The Morgan fingerprint density at radius 2 is 2.00 bits per heavy atom. The highest BCUT2D eigenvalue weighted by molar-refractivity contribution is 5.34. The van der Waals surface area contributed by atoms with Crippen LogP contribution >= 0.6 is 0 Å². The summed E-state index contributed by atoms with van der Waals surface area (Å²) in [6, 6.07) is 9.54. The number of hydrogen-bond donors (Lipinski definition) is 1. The highest BCUT2D eigenvalue weighted by Gasteiger charge is 2.07. The van der Waals surface area contributed by atoms with E-state index in [9.17, 15) is 4.79 Å². The molecule has 0 fully saturated rings. The van der Waals surface area contributed by atoms with E-state index in [4.69, 9.17) is 0 Å². The van der Waals surface area contributed by atoms with Crippen LogP contribution in [-0.2, 0) is 0 Å². The molecule has 3 nitrogen and oxygen atoms in total. The van der Waals surface area contributed by atoms with Crippen molar-refractivity contribution in [3.05, 3.63) is 51.9 Å². The van der Waals surface area contributed by atoms with Gasteiger partial charge in [0.1, 0.15) is 0 Å².